The minimum Gasteiger partial charge on any atom is -0.467 e. The number of hydrogen-bond acceptors (Lipinski definition) is 7. The zero-order valence-electron chi connectivity index (χ0n) is 13.6. The molecule has 0 atom stereocenters. The Kier molecular flexibility index (Phi) is 5.93. The monoisotopic (exact) mass is 401 g/mol. The summed E-state index contributed by atoms with van der Waals surface area (Å²) in [4.78, 5) is 27.3. The van der Waals surface area contributed by atoms with Crippen LogP contribution < -0.4 is 15.0 Å². The van der Waals surface area contributed by atoms with Gasteiger partial charge in [0.05, 0.1) is 23.6 Å². The van der Waals surface area contributed by atoms with Crippen molar-refractivity contribution in [1.82, 2.24) is 20.3 Å². The number of rotatable bonds is 5. The molecule has 0 bridgehead atoms. The lowest BCUT2D eigenvalue weighted by molar-refractivity contribution is 0.0950. The van der Waals surface area contributed by atoms with Gasteiger partial charge in [-0.25, -0.2) is 0 Å². The summed E-state index contributed by atoms with van der Waals surface area (Å²) in [5, 5.41) is 2.75. The van der Waals surface area contributed by atoms with Crippen LogP contribution in [0.3, 0.4) is 0 Å². The van der Waals surface area contributed by atoms with Crippen LogP contribution >= 0.6 is 34.5 Å². The van der Waals surface area contributed by atoms with E-state index in [1.807, 2.05) is 0 Å². The van der Waals surface area contributed by atoms with E-state index in [2.05, 4.69) is 25.2 Å². The first-order valence-electron chi connectivity index (χ1n) is 7.83. The molecular formula is C15H17Cl2N5O2S. The highest BCUT2D eigenvalue weighted by Gasteiger charge is 2.18. The highest BCUT2D eigenvalue weighted by atomic mass is 35.5. The van der Waals surface area contributed by atoms with Gasteiger partial charge in [0, 0.05) is 13.1 Å². The van der Waals surface area contributed by atoms with Crippen LogP contribution in [0.2, 0.25) is 8.67 Å². The van der Waals surface area contributed by atoms with Gasteiger partial charge in [-0.05, 0) is 25.3 Å². The molecule has 1 aliphatic rings. The van der Waals surface area contributed by atoms with Crippen LogP contribution in [0.15, 0.2) is 6.07 Å². The van der Waals surface area contributed by atoms with Crippen LogP contribution in [0.4, 0.5) is 5.95 Å². The van der Waals surface area contributed by atoms with Gasteiger partial charge in [-0.3, -0.25) is 4.79 Å². The molecule has 0 aromatic carbocycles. The predicted octanol–water partition coefficient (Wildman–Crippen LogP) is 3.17. The van der Waals surface area contributed by atoms with Crippen molar-refractivity contribution in [1.29, 1.82) is 0 Å². The van der Waals surface area contributed by atoms with E-state index in [0.717, 1.165) is 37.3 Å². The minimum absolute atomic E-state index is 0.141. The van der Waals surface area contributed by atoms with Crippen LogP contribution in [0.25, 0.3) is 0 Å². The number of thiophene rings is 1. The van der Waals surface area contributed by atoms with E-state index in [4.69, 9.17) is 27.9 Å². The molecule has 7 nitrogen and oxygen atoms in total. The molecule has 1 aliphatic heterocycles. The van der Waals surface area contributed by atoms with Crippen molar-refractivity contribution < 1.29 is 9.53 Å². The number of ether oxygens (including phenoxy) is 1. The van der Waals surface area contributed by atoms with E-state index in [1.54, 1.807) is 0 Å². The maximum Gasteiger partial charge on any atom is 0.321 e. The number of anilines is 1. The van der Waals surface area contributed by atoms with Crippen molar-refractivity contribution >= 4 is 46.4 Å². The van der Waals surface area contributed by atoms with Gasteiger partial charge < -0.3 is 15.0 Å². The molecule has 1 N–H and O–H groups in total. The zero-order valence-corrected chi connectivity index (χ0v) is 15.9. The molecule has 3 rings (SSSR count). The van der Waals surface area contributed by atoms with E-state index in [9.17, 15) is 4.79 Å². The molecule has 134 valence electrons. The zero-order chi connectivity index (χ0) is 17.8. The molecule has 10 heteroatoms. The summed E-state index contributed by atoms with van der Waals surface area (Å²) in [5.41, 5.74) is 0.342. The lowest BCUT2D eigenvalue weighted by atomic mass is 10.1. The molecule has 0 unspecified atom stereocenters. The second-order valence-corrected chi connectivity index (χ2v) is 7.79. The summed E-state index contributed by atoms with van der Waals surface area (Å²) < 4.78 is 5.98. The average molecular weight is 402 g/mol. The maximum atomic E-state index is 12.2. The van der Waals surface area contributed by atoms with Crippen molar-refractivity contribution in [3.05, 3.63) is 26.1 Å². The number of amides is 1. The van der Waals surface area contributed by atoms with E-state index >= 15 is 0 Å². The van der Waals surface area contributed by atoms with Crippen LogP contribution in [0.1, 0.15) is 35.4 Å². The molecule has 0 saturated carbocycles. The molecule has 1 amide bonds. The van der Waals surface area contributed by atoms with Crippen molar-refractivity contribution in [2.24, 2.45) is 0 Å². The van der Waals surface area contributed by atoms with Crippen molar-refractivity contribution in [2.75, 3.05) is 25.1 Å². The third-order valence-corrected chi connectivity index (χ3v) is 5.27. The van der Waals surface area contributed by atoms with Gasteiger partial charge in [-0.2, -0.15) is 15.0 Å². The van der Waals surface area contributed by atoms with Crippen molar-refractivity contribution in [3.8, 4) is 6.01 Å². The Labute approximate surface area is 159 Å². The Bertz CT molecular complexity index is 764. The molecule has 3 heterocycles. The largest absolute Gasteiger partial charge is 0.467 e. The number of aromatic nitrogens is 3. The lowest BCUT2D eigenvalue weighted by Crippen LogP contribution is -2.32. The van der Waals surface area contributed by atoms with Crippen LogP contribution in [-0.2, 0) is 6.54 Å². The van der Waals surface area contributed by atoms with E-state index < -0.39 is 0 Å². The van der Waals surface area contributed by atoms with E-state index in [1.165, 1.54) is 19.6 Å². The van der Waals surface area contributed by atoms with E-state index in [-0.39, 0.29) is 18.5 Å². The smallest absolute Gasteiger partial charge is 0.321 e. The Morgan fingerprint density at radius 3 is 2.68 bits per heavy atom. The minimum atomic E-state index is -0.327. The highest BCUT2D eigenvalue weighted by molar-refractivity contribution is 7.20. The number of carbonyl (C=O) groups excluding carboxylic acids is 1. The quantitative estimate of drug-likeness (QED) is 0.828. The fraction of sp³-hybridized carbons (Fsp3) is 0.467. The molecule has 2 aromatic heterocycles. The standard InChI is InChI=1S/C15H17Cl2N5O2S/c1-24-15-20-11(19-14(21-15)22-5-3-2-4-6-22)8-18-13(23)9-7-10(16)25-12(9)17/h7H,2-6,8H2,1H3,(H,18,23). The van der Waals surface area contributed by atoms with Crippen LogP contribution in [0, 0.1) is 0 Å². The first-order chi connectivity index (χ1) is 12.1. The number of carbonyl (C=O) groups is 1. The Hall–Kier alpha value is -1.64. The number of methoxy groups -OCH3 is 1. The molecule has 2 aromatic rings. The lowest BCUT2D eigenvalue weighted by Gasteiger charge is -2.26. The van der Waals surface area contributed by atoms with Gasteiger partial charge in [-0.1, -0.05) is 23.2 Å². The average Bonchev–Trinajstić information content (AvgIpc) is 2.98. The van der Waals surface area contributed by atoms with Gasteiger partial charge >= 0.3 is 6.01 Å². The molecule has 0 spiro atoms. The first kappa shape index (κ1) is 18.2. The molecule has 1 saturated heterocycles. The van der Waals surface area contributed by atoms with Crippen molar-refractivity contribution in [3.63, 3.8) is 0 Å². The Morgan fingerprint density at radius 1 is 1.28 bits per heavy atom. The molecule has 0 aliphatic carbocycles. The topological polar surface area (TPSA) is 80.2 Å². The number of halogens is 2. The number of nitrogens with zero attached hydrogens (tertiary/aromatic N) is 4. The SMILES string of the molecule is COc1nc(CNC(=O)c2cc(Cl)sc2Cl)nc(N2CCCCC2)n1. The fourth-order valence-corrected chi connectivity index (χ4v) is 4.00. The highest BCUT2D eigenvalue weighted by Crippen LogP contribution is 2.31. The number of nitrogens with one attached hydrogen (secondary N) is 1. The third-order valence-electron chi connectivity index (χ3n) is 3.78. The summed E-state index contributed by atoms with van der Waals surface area (Å²) in [6.07, 6.45) is 3.43. The number of piperidine rings is 1. The normalized spacial score (nSPS) is 14.4. The van der Waals surface area contributed by atoms with Crippen LogP contribution in [0.5, 0.6) is 6.01 Å². The summed E-state index contributed by atoms with van der Waals surface area (Å²) in [7, 11) is 1.50. The summed E-state index contributed by atoms with van der Waals surface area (Å²) in [6.45, 7) is 1.95. The number of hydrogen-bond donors (Lipinski definition) is 1. The predicted molar refractivity (Wildman–Crippen MR) is 98.0 cm³/mol. The van der Waals surface area contributed by atoms with Gasteiger partial charge in [0.1, 0.15) is 4.34 Å². The summed E-state index contributed by atoms with van der Waals surface area (Å²) >= 11 is 13.0. The molecular weight excluding hydrogens is 385 g/mol. The van der Waals surface area contributed by atoms with Crippen LogP contribution in [-0.4, -0.2) is 41.1 Å². The van der Waals surface area contributed by atoms with Gasteiger partial charge in [0.15, 0.2) is 5.82 Å². The Balaban J connectivity index is 1.73. The first-order valence-corrected chi connectivity index (χ1v) is 9.41. The third kappa shape index (κ3) is 4.50. The second-order valence-electron chi connectivity index (χ2n) is 5.51. The Morgan fingerprint density at radius 2 is 2.04 bits per heavy atom. The molecule has 0 radical (unpaired) electrons. The molecule has 1 fully saturated rings. The van der Waals surface area contributed by atoms with Gasteiger partial charge in [0.2, 0.25) is 5.95 Å². The fourth-order valence-electron chi connectivity index (χ4n) is 2.54. The van der Waals surface area contributed by atoms with Gasteiger partial charge in [-0.15, -0.1) is 11.3 Å². The summed E-state index contributed by atoms with van der Waals surface area (Å²) in [5.74, 6) is 0.678. The van der Waals surface area contributed by atoms with Gasteiger partial charge in [0.25, 0.3) is 5.91 Å². The van der Waals surface area contributed by atoms with Crippen molar-refractivity contribution in [2.45, 2.75) is 25.8 Å². The second kappa shape index (κ2) is 8.16. The molecule has 25 heavy (non-hydrogen) atoms. The maximum absolute atomic E-state index is 12.2. The summed E-state index contributed by atoms with van der Waals surface area (Å²) in [6, 6.07) is 1.77. The van der Waals surface area contributed by atoms with E-state index in [0.29, 0.717) is 26.0 Å².